The molecule has 1 heteroatoms. The van der Waals surface area contributed by atoms with Gasteiger partial charge in [-0.2, -0.15) is 0 Å². The van der Waals surface area contributed by atoms with Crippen molar-refractivity contribution in [2.24, 2.45) is 0 Å². The third kappa shape index (κ3) is 40.2. The second kappa shape index (κ2) is 36.7. The van der Waals surface area contributed by atoms with Gasteiger partial charge in [0.1, 0.15) is 6.29 Å². The maximum atomic E-state index is 8.81. The van der Waals surface area contributed by atoms with Crippen LogP contribution in [0.15, 0.2) is 0 Å². The summed E-state index contributed by atoms with van der Waals surface area (Å²) in [6.07, 6.45) is 53.2. The summed E-state index contributed by atoms with van der Waals surface area (Å²) in [6, 6.07) is 0. The van der Waals surface area contributed by atoms with Crippen molar-refractivity contribution in [1.82, 2.24) is 0 Å². The molecule has 0 bridgehead atoms. The van der Waals surface area contributed by atoms with Gasteiger partial charge in [0.25, 0.3) is 0 Å². The lowest BCUT2D eigenvalue weighted by molar-refractivity contribution is -0.106. The number of hydrogen-bond acceptors (Lipinski definition) is 1. The fourth-order valence-electron chi connectivity index (χ4n) is 2.00. The Bertz CT molecular complexity index is 239. The maximum Gasteiger partial charge on any atom is 0.116 e. The zero-order chi connectivity index (χ0) is 27.5. The molecular formula is C37H74O. The van der Waals surface area contributed by atoms with Gasteiger partial charge >= 0.3 is 0 Å². The van der Waals surface area contributed by atoms with Crippen molar-refractivity contribution in [2.45, 2.75) is 232 Å². The van der Waals surface area contributed by atoms with Gasteiger partial charge in [-0.15, -0.1) is 0 Å². The highest BCUT2D eigenvalue weighted by molar-refractivity contribution is 5.44. The SMILES string of the molecule is C1CC1.C1CCC1.C1CCC1.C1CCC1.C1CCC1.C1CCC1.C1CCC1.C1CCC1.C1CCC1.CC=O. The number of aldehydes is 1. The zero-order valence-corrected chi connectivity index (χ0v) is 26.7. The molecule has 0 N–H and O–H groups in total. The van der Waals surface area contributed by atoms with Gasteiger partial charge in [-0.1, -0.05) is 225 Å². The van der Waals surface area contributed by atoms with Gasteiger partial charge in [0.05, 0.1) is 0 Å². The van der Waals surface area contributed by atoms with Crippen LogP contribution in [-0.4, -0.2) is 6.29 Å². The second-order valence-corrected chi connectivity index (χ2v) is 12.6. The Kier molecular flexibility index (Phi) is 36.4. The van der Waals surface area contributed by atoms with Gasteiger partial charge in [0.2, 0.25) is 0 Å². The molecule has 228 valence electrons. The minimum atomic E-state index is 0.750. The molecule has 38 heavy (non-hydrogen) atoms. The van der Waals surface area contributed by atoms with Gasteiger partial charge in [-0.25, -0.2) is 0 Å². The van der Waals surface area contributed by atoms with Gasteiger partial charge in [-0.3, -0.25) is 0 Å². The van der Waals surface area contributed by atoms with E-state index in [0.717, 1.165) is 6.29 Å². The molecule has 0 unspecified atom stereocenters. The van der Waals surface area contributed by atoms with Crippen molar-refractivity contribution in [3.8, 4) is 0 Å². The first-order valence-corrected chi connectivity index (χ1v) is 18.3. The van der Waals surface area contributed by atoms with Crippen LogP contribution in [0, 0.1) is 0 Å². The summed E-state index contributed by atoms with van der Waals surface area (Å²) in [5, 5.41) is 0. The highest BCUT2D eigenvalue weighted by Crippen LogP contribution is 2.18. The van der Waals surface area contributed by atoms with Crippen molar-refractivity contribution in [1.29, 1.82) is 0 Å². The van der Waals surface area contributed by atoms with Crippen LogP contribution in [-0.2, 0) is 4.79 Å². The predicted molar refractivity (Wildman–Crippen MR) is 173 cm³/mol. The lowest BCUT2D eigenvalue weighted by Crippen LogP contribution is -1.85. The van der Waals surface area contributed by atoms with Crippen molar-refractivity contribution < 1.29 is 4.79 Å². The Balaban J connectivity index is 0.000000401. The maximum absolute atomic E-state index is 8.81. The fraction of sp³-hybridized carbons (Fsp3) is 0.973. The van der Waals surface area contributed by atoms with E-state index in [0.29, 0.717) is 0 Å². The molecule has 0 aromatic heterocycles. The lowest BCUT2D eigenvalue weighted by Gasteiger charge is -2.05. The van der Waals surface area contributed by atoms with Crippen LogP contribution in [0.5, 0.6) is 0 Å². The van der Waals surface area contributed by atoms with E-state index in [9.17, 15) is 0 Å². The minimum absolute atomic E-state index is 0.750. The summed E-state index contributed by atoms with van der Waals surface area (Å²) in [7, 11) is 0. The van der Waals surface area contributed by atoms with Crippen LogP contribution in [0.3, 0.4) is 0 Å². The zero-order valence-electron chi connectivity index (χ0n) is 26.7. The van der Waals surface area contributed by atoms with E-state index < -0.39 is 0 Å². The standard InChI is InChI=1S/8C4H8.C3H6.C2H4O/c8*1-2-4-3-1;1-2-3-1;1-2-3/h8*1-4H2;1-3H2;2H,1H3. The Morgan fingerprint density at radius 1 is 0.211 bits per heavy atom. The summed E-state index contributed by atoms with van der Waals surface area (Å²) in [4.78, 5) is 8.81. The number of carbonyl (C=O) groups excluding carboxylic acids is 1. The van der Waals surface area contributed by atoms with Gasteiger partial charge in [0.15, 0.2) is 0 Å². The molecule has 0 aliphatic heterocycles. The van der Waals surface area contributed by atoms with E-state index in [4.69, 9.17) is 4.79 Å². The molecule has 0 heterocycles. The molecule has 0 aromatic rings. The smallest absolute Gasteiger partial charge is 0.116 e. The molecule has 9 aliphatic rings. The normalized spacial score (nSPS) is 22.4. The van der Waals surface area contributed by atoms with Crippen LogP contribution in [0.2, 0.25) is 0 Å². The van der Waals surface area contributed by atoms with Crippen LogP contribution in [0.25, 0.3) is 0 Å². The van der Waals surface area contributed by atoms with E-state index in [-0.39, 0.29) is 0 Å². The van der Waals surface area contributed by atoms with Crippen LogP contribution in [0.4, 0.5) is 0 Å². The molecule has 0 radical (unpaired) electrons. The number of carbonyl (C=O) groups is 1. The van der Waals surface area contributed by atoms with Crippen molar-refractivity contribution in [2.75, 3.05) is 0 Å². The van der Waals surface area contributed by atoms with Crippen molar-refractivity contribution >= 4 is 6.29 Å². The first-order valence-electron chi connectivity index (χ1n) is 18.3. The van der Waals surface area contributed by atoms with E-state index in [1.807, 2.05) is 0 Å². The molecule has 1 nitrogen and oxygen atoms in total. The molecule has 9 fully saturated rings. The van der Waals surface area contributed by atoms with E-state index >= 15 is 0 Å². The van der Waals surface area contributed by atoms with E-state index in [1.54, 1.807) is 0 Å². The topological polar surface area (TPSA) is 17.1 Å². The molecular weight excluding hydrogens is 460 g/mol. The quantitative estimate of drug-likeness (QED) is 0.282. The number of rotatable bonds is 0. The summed E-state index contributed by atoms with van der Waals surface area (Å²) >= 11 is 0. The highest BCUT2D eigenvalue weighted by atomic mass is 16.1. The molecule has 0 saturated heterocycles. The first kappa shape index (κ1) is 37.7. The fourth-order valence-corrected chi connectivity index (χ4v) is 2.00. The van der Waals surface area contributed by atoms with E-state index in [2.05, 4.69) is 0 Å². The summed E-state index contributed by atoms with van der Waals surface area (Å²) in [5.74, 6) is 0. The van der Waals surface area contributed by atoms with Crippen LogP contribution >= 0.6 is 0 Å². The Morgan fingerprint density at radius 2 is 0.237 bits per heavy atom. The molecule has 0 atom stereocenters. The minimum Gasteiger partial charge on any atom is -0.304 e. The van der Waals surface area contributed by atoms with Gasteiger partial charge < -0.3 is 4.79 Å². The van der Waals surface area contributed by atoms with Gasteiger partial charge in [-0.05, 0) is 6.92 Å². The molecule has 9 saturated carbocycles. The van der Waals surface area contributed by atoms with Gasteiger partial charge in [0, 0.05) is 0 Å². The third-order valence-corrected chi connectivity index (χ3v) is 8.35. The molecule has 0 spiro atoms. The summed E-state index contributed by atoms with van der Waals surface area (Å²) < 4.78 is 0. The van der Waals surface area contributed by atoms with E-state index in [1.165, 1.54) is 232 Å². The highest BCUT2D eigenvalue weighted by Gasteiger charge is 1.98. The first-order chi connectivity index (χ1) is 18.9. The van der Waals surface area contributed by atoms with Crippen molar-refractivity contribution in [3.05, 3.63) is 0 Å². The monoisotopic (exact) mass is 535 g/mol. The third-order valence-electron chi connectivity index (χ3n) is 8.35. The van der Waals surface area contributed by atoms with Crippen LogP contribution in [0.1, 0.15) is 232 Å². The lowest BCUT2D eigenvalue weighted by atomic mass is 10.0. The largest absolute Gasteiger partial charge is 0.304 e. The summed E-state index contributed by atoms with van der Waals surface area (Å²) in [6.45, 7) is 1.44. The Hall–Kier alpha value is -0.330. The molecule has 9 aliphatic carbocycles. The number of hydrogen-bond donors (Lipinski definition) is 0. The molecule has 9 rings (SSSR count). The molecule has 0 amide bonds. The average Bonchev–Trinajstić information content (AvgIpc) is 3.28. The molecule has 0 aromatic carbocycles. The van der Waals surface area contributed by atoms with Crippen molar-refractivity contribution in [3.63, 3.8) is 0 Å². The Morgan fingerprint density at radius 3 is 0.237 bits per heavy atom. The van der Waals surface area contributed by atoms with Crippen LogP contribution < -0.4 is 0 Å². The predicted octanol–water partition coefficient (Wildman–Crippen LogP) is 13.9. The average molecular weight is 535 g/mol. The second-order valence-electron chi connectivity index (χ2n) is 12.6. The summed E-state index contributed by atoms with van der Waals surface area (Å²) in [5.41, 5.74) is 0. The Labute approximate surface area is 242 Å².